The number of nitrogens with one attached hydrogen (secondary N) is 1. The molecular formula is C20H16N2O5S. The van der Waals surface area contributed by atoms with E-state index in [1.165, 1.54) is 29.5 Å². The Bertz CT molecular complexity index is 1020. The molecule has 1 atom stereocenters. The molecule has 0 unspecified atom stereocenters. The molecule has 0 saturated heterocycles. The number of esters is 1. The summed E-state index contributed by atoms with van der Waals surface area (Å²) in [6, 6.07) is 15.8. The third-order valence-corrected chi connectivity index (χ3v) is 4.80. The molecule has 0 aliphatic rings. The molecule has 1 aromatic heterocycles. The first-order valence-corrected chi connectivity index (χ1v) is 9.22. The molecule has 0 spiro atoms. The van der Waals surface area contributed by atoms with Crippen molar-refractivity contribution in [1.82, 2.24) is 0 Å². The van der Waals surface area contributed by atoms with Crippen LogP contribution in [0.3, 0.4) is 0 Å². The SMILES string of the molecule is C[C@@H](OC(=O)c1cccc(NC(=O)c2cccs2)c1)c1cccc([N+](=O)[O-])c1. The monoisotopic (exact) mass is 396 g/mol. The van der Waals surface area contributed by atoms with Crippen LogP contribution in [0.15, 0.2) is 66.0 Å². The summed E-state index contributed by atoms with van der Waals surface area (Å²) in [7, 11) is 0. The van der Waals surface area contributed by atoms with Crippen LogP contribution < -0.4 is 5.32 Å². The Balaban J connectivity index is 1.70. The lowest BCUT2D eigenvalue weighted by molar-refractivity contribution is -0.385. The van der Waals surface area contributed by atoms with E-state index in [0.29, 0.717) is 16.1 Å². The second kappa shape index (κ2) is 8.45. The van der Waals surface area contributed by atoms with Crippen molar-refractivity contribution in [2.45, 2.75) is 13.0 Å². The molecule has 3 rings (SSSR count). The van der Waals surface area contributed by atoms with Crippen molar-refractivity contribution >= 4 is 34.6 Å². The average Bonchev–Trinajstić information content (AvgIpc) is 3.23. The van der Waals surface area contributed by atoms with Gasteiger partial charge in [-0.2, -0.15) is 0 Å². The number of non-ortho nitro benzene ring substituents is 1. The Morgan fingerprint density at radius 1 is 1.11 bits per heavy atom. The number of anilines is 1. The third kappa shape index (κ3) is 4.60. The van der Waals surface area contributed by atoms with Gasteiger partial charge in [-0.25, -0.2) is 4.79 Å². The van der Waals surface area contributed by atoms with E-state index < -0.39 is 17.0 Å². The van der Waals surface area contributed by atoms with Crippen molar-refractivity contribution in [3.8, 4) is 0 Å². The molecule has 1 heterocycles. The minimum Gasteiger partial charge on any atom is -0.454 e. The molecule has 8 heteroatoms. The van der Waals surface area contributed by atoms with E-state index in [2.05, 4.69) is 5.32 Å². The second-order valence-corrected chi connectivity index (χ2v) is 6.86. The van der Waals surface area contributed by atoms with Crippen LogP contribution in [-0.2, 0) is 4.74 Å². The number of thiophene rings is 1. The lowest BCUT2D eigenvalue weighted by Crippen LogP contribution is -2.12. The first kappa shape index (κ1) is 19.2. The number of nitrogens with zero attached hydrogens (tertiary/aromatic N) is 1. The summed E-state index contributed by atoms with van der Waals surface area (Å²) in [5.41, 5.74) is 1.18. The van der Waals surface area contributed by atoms with Crippen molar-refractivity contribution < 1.29 is 19.2 Å². The predicted octanol–water partition coefficient (Wildman–Crippen LogP) is 4.83. The van der Waals surface area contributed by atoms with Gasteiger partial charge >= 0.3 is 5.97 Å². The summed E-state index contributed by atoms with van der Waals surface area (Å²) in [4.78, 5) is 35.5. The van der Waals surface area contributed by atoms with Gasteiger partial charge in [-0.05, 0) is 42.1 Å². The van der Waals surface area contributed by atoms with Gasteiger partial charge < -0.3 is 10.1 Å². The molecule has 0 bridgehead atoms. The van der Waals surface area contributed by atoms with Gasteiger partial charge in [-0.1, -0.05) is 24.3 Å². The summed E-state index contributed by atoms with van der Waals surface area (Å²) in [5, 5.41) is 15.4. The van der Waals surface area contributed by atoms with Gasteiger partial charge in [0.2, 0.25) is 0 Å². The number of rotatable bonds is 6. The number of hydrogen-bond donors (Lipinski definition) is 1. The lowest BCUT2D eigenvalue weighted by Gasteiger charge is -2.14. The van der Waals surface area contributed by atoms with Crippen LogP contribution in [0.4, 0.5) is 11.4 Å². The van der Waals surface area contributed by atoms with E-state index in [4.69, 9.17) is 4.74 Å². The predicted molar refractivity (Wildman–Crippen MR) is 106 cm³/mol. The van der Waals surface area contributed by atoms with Crippen LogP contribution in [0.1, 0.15) is 38.6 Å². The van der Waals surface area contributed by atoms with E-state index in [-0.39, 0.29) is 17.2 Å². The average molecular weight is 396 g/mol. The van der Waals surface area contributed by atoms with E-state index in [1.54, 1.807) is 54.8 Å². The highest BCUT2D eigenvalue weighted by Gasteiger charge is 2.17. The van der Waals surface area contributed by atoms with Crippen LogP contribution in [0, 0.1) is 10.1 Å². The number of hydrogen-bond acceptors (Lipinski definition) is 6. The van der Waals surface area contributed by atoms with Gasteiger partial charge in [-0.3, -0.25) is 14.9 Å². The second-order valence-electron chi connectivity index (χ2n) is 5.91. The molecule has 7 nitrogen and oxygen atoms in total. The Morgan fingerprint density at radius 3 is 2.61 bits per heavy atom. The lowest BCUT2D eigenvalue weighted by atomic mass is 10.1. The maximum Gasteiger partial charge on any atom is 0.338 e. The Labute approximate surface area is 164 Å². The Morgan fingerprint density at radius 2 is 1.89 bits per heavy atom. The van der Waals surface area contributed by atoms with E-state index in [1.807, 2.05) is 0 Å². The first-order valence-electron chi connectivity index (χ1n) is 8.34. The minimum atomic E-state index is -0.670. The standard InChI is InChI=1S/C20H16N2O5S/c1-13(14-5-3-8-17(12-14)22(25)26)27-20(24)15-6-2-7-16(11-15)21-19(23)18-9-4-10-28-18/h2-13H,1H3,(H,21,23)/t13-/m1/s1. The highest BCUT2D eigenvalue weighted by molar-refractivity contribution is 7.12. The summed E-state index contributed by atoms with van der Waals surface area (Å²) in [6.07, 6.45) is -0.670. The first-order chi connectivity index (χ1) is 13.4. The van der Waals surface area contributed by atoms with Crippen LogP contribution >= 0.6 is 11.3 Å². The quantitative estimate of drug-likeness (QED) is 0.366. The molecule has 0 aliphatic heterocycles. The van der Waals surface area contributed by atoms with Gasteiger partial charge in [0.05, 0.1) is 15.4 Å². The number of ether oxygens (including phenoxy) is 1. The Hall–Kier alpha value is -3.52. The van der Waals surface area contributed by atoms with E-state index >= 15 is 0 Å². The summed E-state index contributed by atoms with van der Waals surface area (Å²) in [6.45, 7) is 1.64. The molecule has 142 valence electrons. The summed E-state index contributed by atoms with van der Waals surface area (Å²) >= 11 is 1.32. The zero-order valence-corrected chi connectivity index (χ0v) is 15.6. The largest absolute Gasteiger partial charge is 0.454 e. The fourth-order valence-electron chi connectivity index (χ4n) is 2.51. The van der Waals surface area contributed by atoms with E-state index in [9.17, 15) is 19.7 Å². The summed E-state index contributed by atoms with van der Waals surface area (Å²) in [5.74, 6) is -0.850. The maximum absolute atomic E-state index is 12.4. The summed E-state index contributed by atoms with van der Waals surface area (Å²) < 4.78 is 5.42. The van der Waals surface area contributed by atoms with Gasteiger partial charge in [0.1, 0.15) is 6.10 Å². The van der Waals surface area contributed by atoms with Crippen molar-refractivity contribution in [2.24, 2.45) is 0 Å². The van der Waals surface area contributed by atoms with Gasteiger partial charge in [0.25, 0.3) is 11.6 Å². The fourth-order valence-corrected chi connectivity index (χ4v) is 3.13. The highest BCUT2D eigenvalue weighted by Crippen LogP contribution is 2.23. The zero-order chi connectivity index (χ0) is 20.1. The molecular weight excluding hydrogens is 380 g/mol. The zero-order valence-electron chi connectivity index (χ0n) is 14.8. The smallest absolute Gasteiger partial charge is 0.338 e. The number of nitro groups is 1. The Kier molecular flexibility index (Phi) is 5.81. The molecule has 0 radical (unpaired) electrons. The van der Waals surface area contributed by atoms with Crippen LogP contribution in [0.25, 0.3) is 0 Å². The molecule has 0 aliphatic carbocycles. The van der Waals surface area contributed by atoms with Crippen molar-refractivity contribution in [1.29, 1.82) is 0 Å². The molecule has 1 amide bonds. The molecule has 0 saturated carbocycles. The number of carbonyl (C=O) groups excluding carboxylic acids is 2. The number of nitro benzene ring substituents is 1. The van der Waals surface area contributed by atoms with Crippen LogP contribution in [0.2, 0.25) is 0 Å². The van der Waals surface area contributed by atoms with Gasteiger partial charge in [0, 0.05) is 17.8 Å². The molecule has 3 aromatic rings. The number of amides is 1. The molecule has 0 fully saturated rings. The van der Waals surface area contributed by atoms with E-state index in [0.717, 1.165) is 0 Å². The number of benzene rings is 2. The van der Waals surface area contributed by atoms with Crippen LogP contribution in [-0.4, -0.2) is 16.8 Å². The fraction of sp³-hybridized carbons (Fsp3) is 0.100. The topological polar surface area (TPSA) is 98.5 Å². The van der Waals surface area contributed by atoms with Crippen molar-refractivity contribution in [3.63, 3.8) is 0 Å². The normalized spacial score (nSPS) is 11.5. The molecule has 2 aromatic carbocycles. The van der Waals surface area contributed by atoms with Crippen molar-refractivity contribution in [3.05, 3.63) is 92.2 Å². The van der Waals surface area contributed by atoms with Crippen molar-refractivity contribution in [2.75, 3.05) is 5.32 Å². The third-order valence-electron chi connectivity index (χ3n) is 3.94. The molecule has 28 heavy (non-hydrogen) atoms. The highest BCUT2D eigenvalue weighted by atomic mass is 32.1. The minimum absolute atomic E-state index is 0.0707. The van der Waals surface area contributed by atoms with Gasteiger partial charge in [0.15, 0.2) is 0 Å². The van der Waals surface area contributed by atoms with Crippen LogP contribution in [0.5, 0.6) is 0 Å². The maximum atomic E-state index is 12.4. The van der Waals surface area contributed by atoms with Gasteiger partial charge in [-0.15, -0.1) is 11.3 Å². The molecule has 1 N–H and O–H groups in total. The number of carbonyl (C=O) groups is 2.